The minimum Gasteiger partial charge on any atom is -0.462 e. The third-order valence-corrected chi connectivity index (χ3v) is 12.1. The lowest BCUT2D eigenvalue weighted by atomic mass is 9.96. The summed E-state index contributed by atoms with van der Waals surface area (Å²) in [6, 6.07) is 15.5. The topological polar surface area (TPSA) is 131 Å². The zero-order chi connectivity index (χ0) is 37.8. The third kappa shape index (κ3) is 6.64. The van der Waals surface area contributed by atoms with E-state index in [-0.39, 0.29) is 52.3 Å². The molecule has 280 valence electrons. The van der Waals surface area contributed by atoms with Crippen molar-refractivity contribution in [1.29, 1.82) is 0 Å². The molecular weight excluding hydrogens is 725 g/mol. The largest absolute Gasteiger partial charge is 0.462 e. The molecule has 6 aromatic rings. The quantitative estimate of drug-likeness (QED) is 0.174. The van der Waals surface area contributed by atoms with Gasteiger partial charge in [0.2, 0.25) is 0 Å². The van der Waals surface area contributed by atoms with Gasteiger partial charge < -0.3 is 15.0 Å². The summed E-state index contributed by atoms with van der Waals surface area (Å²) in [4.78, 5) is 22.4. The van der Waals surface area contributed by atoms with Crippen LogP contribution in [0.15, 0.2) is 72.0 Å². The third-order valence-electron chi connectivity index (χ3n) is 10.6. The molecular formula is C40H37F2N9O3S. The van der Waals surface area contributed by atoms with Crippen molar-refractivity contribution in [2.75, 3.05) is 38.2 Å². The molecule has 0 spiro atoms. The highest BCUT2D eigenvalue weighted by atomic mass is 32.2. The van der Waals surface area contributed by atoms with Crippen LogP contribution in [0, 0.1) is 24.0 Å². The van der Waals surface area contributed by atoms with E-state index in [2.05, 4.69) is 36.2 Å². The van der Waals surface area contributed by atoms with Crippen molar-refractivity contribution in [1.82, 2.24) is 39.3 Å². The second kappa shape index (κ2) is 13.9. The number of likely N-dealkylation sites (N-methyl/N-ethyl adjacent to an activating group) is 1. The first-order chi connectivity index (χ1) is 26.7. The van der Waals surface area contributed by atoms with Gasteiger partial charge in [0.05, 0.1) is 15.8 Å². The van der Waals surface area contributed by atoms with E-state index >= 15 is 4.39 Å². The van der Waals surface area contributed by atoms with E-state index in [1.165, 1.54) is 12.4 Å². The van der Waals surface area contributed by atoms with Crippen LogP contribution in [-0.2, 0) is 16.6 Å². The Morgan fingerprint density at radius 2 is 1.82 bits per heavy atom. The summed E-state index contributed by atoms with van der Waals surface area (Å²) in [6.45, 7) is 2.41. The van der Waals surface area contributed by atoms with Crippen LogP contribution >= 0.6 is 0 Å². The molecule has 2 bridgehead atoms. The van der Waals surface area contributed by atoms with Crippen molar-refractivity contribution in [3.8, 4) is 29.6 Å². The van der Waals surface area contributed by atoms with Gasteiger partial charge in [0.25, 0.3) is 10.0 Å². The average molecular weight is 762 g/mol. The van der Waals surface area contributed by atoms with Crippen LogP contribution in [0.1, 0.15) is 48.6 Å². The van der Waals surface area contributed by atoms with E-state index in [4.69, 9.17) is 16.1 Å². The lowest BCUT2D eigenvalue weighted by Crippen LogP contribution is -2.51. The minimum atomic E-state index is -3.90. The standard InChI is InChI=1S/C40H37F2N9O3S/c1-3-30-33(41)15-12-25-7-5-9-31(34(25)30)36-35(42)37-32(19-43-36)39(50-21-27-13-14-28(22-50)45-27)47-40(46-37)54-17-16-49(2)20-24-6-4-8-29(18-24)55(52,53)51-23-44-38(48-51)26-10-11-26/h1,4-9,12,15,18-19,23,26-28,45H,10-11,13-14,16-17,20-22H2,2H3/t27-,28+. The maximum atomic E-state index is 16.8. The molecule has 1 saturated carbocycles. The molecule has 5 heterocycles. The SMILES string of the molecule is C#Cc1c(F)ccc2cccc(-c3ncc4c(N5C[C@H]6CC[C@@H](C5)N6)nc(OCCN(C)Cc5cccc(S(=O)(=O)n6cnc(C7CC7)n6)c5)nc4c3F)c12. The van der Waals surface area contributed by atoms with Gasteiger partial charge in [-0.05, 0) is 61.9 Å². The second-order valence-electron chi connectivity index (χ2n) is 14.5. The number of nitrogens with zero attached hydrogens (tertiary/aromatic N) is 8. The molecule has 15 heteroatoms. The first-order valence-electron chi connectivity index (χ1n) is 18.3. The fraction of sp³-hybridized carbons (Fsp3) is 0.325. The number of nitrogens with one attached hydrogen (secondary N) is 1. The summed E-state index contributed by atoms with van der Waals surface area (Å²) in [7, 11) is -2.00. The zero-order valence-electron chi connectivity index (χ0n) is 30.0. The molecule has 0 radical (unpaired) electrons. The van der Waals surface area contributed by atoms with Gasteiger partial charge in [0.1, 0.15) is 35.8 Å². The summed E-state index contributed by atoms with van der Waals surface area (Å²) in [5.74, 6) is 2.49. The van der Waals surface area contributed by atoms with Crippen LogP contribution in [-0.4, -0.2) is 87.8 Å². The van der Waals surface area contributed by atoms with Crippen LogP contribution in [0.5, 0.6) is 6.01 Å². The number of terminal acetylenes is 1. The van der Waals surface area contributed by atoms with Gasteiger partial charge in [-0.1, -0.05) is 42.3 Å². The molecule has 55 heavy (non-hydrogen) atoms. The van der Waals surface area contributed by atoms with Crippen molar-refractivity contribution in [3.05, 3.63) is 95.7 Å². The first kappa shape index (κ1) is 35.2. The molecule has 3 aromatic carbocycles. The number of hydrogen-bond acceptors (Lipinski definition) is 11. The number of anilines is 1. The van der Waals surface area contributed by atoms with Crippen molar-refractivity contribution in [3.63, 3.8) is 0 Å². The molecule has 3 aliphatic rings. The lowest BCUT2D eigenvalue weighted by molar-refractivity contribution is 0.221. The minimum absolute atomic E-state index is 0.00710. The molecule has 2 atom stereocenters. The van der Waals surface area contributed by atoms with E-state index in [9.17, 15) is 12.8 Å². The molecule has 3 aromatic heterocycles. The van der Waals surface area contributed by atoms with Crippen LogP contribution in [0.4, 0.5) is 14.6 Å². The Hall–Kier alpha value is -5.56. The summed E-state index contributed by atoms with van der Waals surface area (Å²) >= 11 is 0. The smallest absolute Gasteiger partial charge is 0.319 e. The van der Waals surface area contributed by atoms with Gasteiger partial charge in [-0.3, -0.25) is 9.88 Å². The highest BCUT2D eigenvalue weighted by molar-refractivity contribution is 7.89. The molecule has 1 N–H and O–H groups in total. The van der Waals surface area contributed by atoms with Gasteiger partial charge in [-0.2, -0.15) is 18.4 Å². The first-order valence-corrected chi connectivity index (χ1v) is 19.7. The Labute approximate surface area is 316 Å². The van der Waals surface area contributed by atoms with E-state index < -0.39 is 21.7 Å². The summed E-state index contributed by atoms with van der Waals surface area (Å²) in [6.07, 6.45) is 12.6. The Balaban J connectivity index is 0.982. The summed E-state index contributed by atoms with van der Waals surface area (Å²) < 4.78 is 65.4. The number of aromatic nitrogens is 6. The van der Waals surface area contributed by atoms with E-state index in [1.54, 1.807) is 48.7 Å². The molecule has 1 aliphatic carbocycles. The number of fused-ring (bicyclic) bond motifs is 4. The lowest BCUT2D eigenvalue weighted by Gasteiger charge is -2.34. The zero-order valence-corrected chi connectivity index (χ0v) is 30.8. The number of benzene rings is 3. The van der Waals surface area contributed by atoms with Crippen molar-refractivity contribution >= 4 is 37.5 Å². The average Bonchev–Trinajstić information content (AvgIpc) is 3.81. The molecule has 2 saturated heterocycles. The van der Waals surface area contributed by atoms with Crippen molar-refractivity contribution in [2.24, 2.45) is 0 Å². The van der Waals surface area contributed by atoms with Crippen molar-refractivity contribution in [2.45, 2.75) is 55.1 Å². The fourth-order valence-corrected chi connectivity index (χ4v) is 8.81. The van der Waals surface area contributed by atoms with Gasteiger partial charge in [0.15, 0.2) is 11.6 Å². The highest BCUT2D eigenvalue weighted by Crippen LogP contribution is 2.39. The maximum Gasteiger partial charge on any atom is 0.319 e. The number of halogens is 2. The van der Waals surface area contributed by atoms with Crippen LogP contribution in [0.3, 0.4) is 0 Å². The summed E-state index contributed by atoms with van der Waals surface area (Å²) in [5, 5.41) is 9.34. The summed E-state index contributed by atoms with van der Waals surface area (Å²) in [5.41, 5.74) is 1.21. The predicted octanol–water partition coefficient (Wildman–Crippen LogP) is 5.26. The molecule has 0 unspecified atom stereocenters. The van der Waals surface area contributed by atoms with E-state index in [0.29, 0.717) is 59.5 Å². The Kier molecular flexibility index (Phi) is 8.91. The van der Waals surface area contributed by atoms with E-state index in [0.717, 1.165) is 35.3 Å². The molecule has 2 aliphatic heterocycles. The Morgan fingerprint density at radius 1 is 1.02 bits per heavy atom. The van der Waals surface area contributed by atoms with Crippen molar-refractivity contribution < 1.29 is 21.9 Å². The molecule has 0 amide bonds. The monoisotopic (exact) mass is 761 g/mol. The number of ether oxygens (including phenoxy) is 1. The van der Waals surface area contributed by atoms with Crippen LogP contribution in [0.2, 0.25) is 0 Å². The number of piperazine rings is 1. The van der Waals surface area contributed by atoms with Gasteiger partial charge >= 0.3 is 6.01 Å². The molecule has 9 rings (SSSR count). The predicted molar refractivity (Wildman–Crippen MR) is 203 cm³/mol. The number of hydrogen-bond donors (Lipinski definition) is 1. The van der Waals surface area contributed by atoms with E-state index in [1.807, 2.05) is 18.0 Å². The van der Waals surface area contributed by atoms with Crippen LogP contribution in [0.25, 0.3) is 32.9 Å². The normalized spacial score (nSPS) is 18.3. The van der Waals surface area contributed by atoms with Gasteiger partial charge in [0, 0.05) is 61.3 Å². The van der Waals surface area contributed by atoms with Crippen LogP contribution < -0.4 is 15.0 Å². The Morgan fingerprint density at radius 3 is 2.60 bits per heavy atom. The molecule has 12 nitrogen and oxygen atoms in total. The van der Waals surface area contributed by atoms with Gasteiger partial charge in [-0.15, -0.1) is 15.6 Å². The molecule has 3 fully saturated rings. The highest BCUT2D eigenvalue weighted by Gasteiger charge is 2.34. The Bertz CT molecular complexity index is 2610. The maximum absolute atomic E-state index is 16.8. The van der Waals surface area contributed by atoms with Gasteiger partial charge in [-0.25, -0.2) is 13.8 Å². The second-order valence-corrected chi connectivity index (χ2v) is 16.3. The number of rotatable bonds is 11. The number of pyridine rings is 1. The fourth-order valence-electron chi connectivity index (χ4n) is 7.68.